The van der Waals surface area contributed by atoms with Crippen molar-refractivity contribution in [2.75, 3.05) is 10.6 Å². The summed E-state index contributed by atoms with van der Waals surface area (Å²) < 4.78 is 0.587. The smallest absolute Gasteiger partial charge is 0.337 e. The van der Waals surface area contributed by atoms with Gasteiger partial charge in [-0.05, 0) is 30.3 Å². The van der Waals surface area contributed by atoms with Crippen LogP contribution in [-0.4, -0.2) is 22.1 Å². The Balaban J connectivity index is 2.17. The summed E-state index contributed by atoms with van der Waals surface area (Å²) in [4.78, 5) is 26.8. The molecule has 0 aliphatic rings. The molecule has 6 nitrogen and oxygen atoms in total. The minimum Gasteiger partial charge on any atom is -0.478 e. The van der Waals surface area contributed by atoms with Crippen molar-refractivity contribution in [2.24, 2.45) is 0 Å². The summed E-state index contributed by atoms with van der Waals surface area (Å²) in [6.07, 6.45) is 0. The van der Waals surface area contributed by atoms with Gasteiger partial charge in [0.05, 0.1) is 11.3 Å². The number of amides is 2. The number of benzene rings is 1. The largest absolute Gasteiger partial charge is 0.478 e. The highest BCUT2D eigenvalue weighted by atomic mass is 79.9. The molecule has 114 valence electrons. The van der Waals surface area contributed by atoms with E-state index >= 15 is 0 Å². The van der Waals surface area contributed by atoms with E-state index in [1.165, 1.54) is 24.3 Å². The van der Waals surface area contributed by atoms with E-state index in [1.807, 2.05) is 0 Å². The topological polar surface area (TPSA) is 91.3 Å². The zero-order valence-corrected chi connectivity index (χ0v) is 13.8. The van der Waals surface area contributed by atoms with Crippen LogP contribution in [0.5, 0.6) is 0 Å². The maximum absolute atomic E-state index is 11.9. The van der Waals surface area contributed by atoms with E-state index in [4.69, 9.17) is 28.3 Å². The third-order valence-corrected chi connectivity index (χ3v) is 3.36. The van der Waals surface area contributed by atoms with Crippen molar-refractivity contribution >= 4 is 62.5 Å². The molecule has 0 atom stereocenters. The molecule has 1 aromatic carbocycles. The number of anilines is 2. The fourth-order valence-electron chi connectivity index (χ4n) is 1.62. The molecule has 0 saturated carbocycles. The standard InChI is InChI=1S/C13H8BrCl2N3O3/c14-6-1-2-9(8(3-6)12(20)21)18-13(22)17-7-4-10(15)19-11(16)5-7/h1-5H,(H,20,21)(H2,17,18,19,22). The highest BCUT2D eigenvalue weighted by Gasteiger charge is 2.13. The van der Waals surface area contributed by atoms with Crippen molar-refractivity contribution in [1.29, 1.82) is 0 Å². The lowest BCUT2D eigenvalue weighted by molar-refractivity contribution is 0.0698. The molecule has 0 unspecified atom stereocenters. The van der Waals surface area contributed by atoms with Crippen LogP contribution in [0.1, 0.15) is 10.4 Å². The van der Waals surface area contributed by atoms with Crippen LogP contribution in [0.3, 0.4) is 0 Å². The monoisotopic (exact) mass is 403 g/mol. The number of carbonyl (C=O) groups is 2. The van der Waals surface area contributed by atoms with Crippen molar-refractivity contribution in [3.05, 3.63) is 50.7 Å². The lowest BCUT2D eigenvalue weighted by Gasteiger charge is -2.10. The number of nitrogens with one attached hydrogen (secondary N) is 2. The number of halogens is 3. The van der Waals surface area contributed by atoms with E-state index in [9.17, 15) is 9.59 Å². The van der Waals surface area contributed by atoms with Gasteiger partial charge in [0.2, 0.25) is 0 Å². The van der Waals surface area contributed by atoms with Crippen LogP contribution < -0.4 is 10.6 Å². The van der Waals surface area contributed by atoms with Crippen LogP contribution >= 0.6 is 39.1 Å². The lowest BCUT2D eigenvalue weighted by atomic mass is 10.2. The number of carboxylic acid groups (broad SMARTS) is 1. The number of aromatic carboxylic acids is 1. The third-order valence-electron chi connectivity index (χ3n) is 2.48. The highest BCUT2D eigenvalue weighted by Crippen LogP contribution is 2.22. The second kappa shape index (κ2) is 6.95. The SMILES string of the molecule is O=C(Nc1cc(Cl)nc(Cl)c1)Nc1ccc(Br)cc1C(=O)O. The molecule has 22 heavy (non-hydrogen) atoms. The van der Waals surface area contributed by atoms with Gasteiger partial charge in [-0.3, -0.25) is 0 Å². The molecular formula is C13H8BrCl2N3O3. The van der Waals surface area contributed by atoms with Gasteiger partial charge in [-0.1, -0.05) is 39.1 Å². The minimum absolute atomic E-state index is 0.0460. The average Bonchev–Trinajstić information content (AvgIpc) is 2.39. The van der Waals surface area contributed by atoms with Gasteiger partial charge in [0.1, 0.15) is 10.3 Å². The number of urea groups is 1. The number of pyridine rings is 1. The molecule has 2 aromatic rings. The van der Waals surface area contributed by atoms with Crippen molar-refractivity contribution in [2.45, 2.75) is 0 Å². The van der Waals surface area contributed by atoms with Crippen LogP contribution in [0.2, 0.25) is 10.3 Å². The first-order chi connectivity index (χ1) is 10.3. The summed E-state index contributed by atoms with van der Waals surface area (Å²) in [6.45, 7) is 0. The van der Waals surface area contributed by atoms with Gasteiger partial charge >= 0.3 is 12.0 Å². The molecule has 0 bridgehead atoms. The summed E-state index contributed by atoms with van der Waals surface area (Å²) in [5.41, 5.74) is 0.436. The van der Waals surface area contributed by atoms with E-state index in [1.54, 1.807) is 6.07 Å². The molecule has 0 spiro atoms. The predicted molar refractivity (Wildman–Crippen MR) is 88.0 cm³/mol. The van der Waals surface area contributed by atoms with Crippen LogP contribution in [0, 0.1) is 0 Å². The molecule has 0 fully saturated rings. The molecule has 0 aliphatic carbocycles. The maximum atomic E-state index is 11.9. The Morgan fingerprint density at radius 3 is 2.32 bits per heavy atom. The van der Waals surface area contributed by atoms with Gasteiger partial charge in [0.25, 0.3) is 0 Å². The number of carbonyl (C=O) groups excluding carboxylic acids is 1. The summed E-state index contributed by atoms with van der Waals surface area (Å²) >= 11 is 14.6. The molecule has 9 heteroatoms. The molecule has 0 saturated heterocycles. The first-order valence-electron chi connectivity index (χ1n) is 5.79. The van der Waals surface area contributed by atoms with E-state index in [2.05, 4.69) is 31.5 Å². The highest BCUT2D eigenvalue weighted by molar-refractivity contribution is 9.10. The van der Waals surface area contributed by atoms with Gasteiger partial charge in [0, 0.05) is 10.2 Å². The molecule has 2 rings (SSSR count). The van der Waals surface area contributed by atoms with Gasteiger partial charge in [-0.2, -0.15) is 0 Å². The van der Waals surface area contributed by atoms with Crippen LogP contribution in [0.4, 0.5) is 16.2 Å². The molecule has 2 amide bonds. The van der Waals surface area contributed by atoms with Gasteiger partial charge in [0.15, 0.2) is 0 Å². The average molecular weight is 405 g/mol. The third kappa shape index (κ3) is 4.33. The molecule has 0 aliphatic heterocycles. The zero-order chi connectivity index (χ0) is 16.3. The Morgan fingerprint density at radius 2 is 1.73 bits per heavy atom. The first kappa shape index (κ1) is 16.5. The van der Waals surface area contributed by atoms with Gasteiger partial charge in [-0.25, -0.2) is 14.6 Å². The Hall–Kier alpha value is -1.83. The fraction of sp³-hybridized carbons (Fsp3) is 0. The van der Waals surface area contributed by atoms with Crippen molar-refractivity contribution in [3.63, 3.8) is 0 Å². The summed E-state index contributed by atoms with van der Waals surface area (Å²) in [6, 6.07) is 6.66. The summed E-state index contributed by atoms with van der Waals surface area (Å²) in [5.74, 6) is -1.16. The van der Waals surface area contributed by atoms with Crippen LogP contribution in [0.25, 0.3) is 0 Å². The second-order valence-electron chi connectivity index (χ2n) is 4.08. The van der Waals surface area contributed by atoms with Gasteiger partial charge in [-0.15, -0.1) is 0 Å². The molecule has 1 heterocycles. The number of hydrogen-bond acceptors (Lipinski definition) is 3. The minimum atomic E-state index is -1.16. The molecular weight excluding hydrogens is 397 g/mol. The molecule has 1 aromatic heterocycles. The Kier molecular flexibility index (Phi) is 5.23. The zero-order valence-electron chi connectivity index (χ0n) is 10.7. The molecule has 0 radical (unpaired) electrons. The van der Waals surface area contributed by atoms with Crippen molar-refractivity contribution in [3.8, 4) is 0 Å². The quantitative estimate of drug-likeness (QED) is 0.657. The Labute approximate surface area is 143 Å². The van der Waals surface area contributed by atoms with Crippen molar-refractivity contribution in [1.82, 2.24) is 4.98 Å². The number of carboxylic acids is 1. The maximum Gasteiger partial charge on any atom is 0.337 e. The number of nitrogens with zero attached hydrogens (tertiary/aromatic N) is 1. The van der Waals surface area contributed by atoms with Gasteiger partial charge < -0.3 is 15.7 Å². The summed E-state index contributed by atoms with van der Waals surface area (Å²) in [5, 5.41) is 14.3. The lowest BCUT2D eigenvalue weighted by Crippen LogP contribution is -2.21. The Bertz CT molecular complexity index is 735. The molecule has 3 N–H and O–H groups in total. The van der Waals surface area contributed by atoms with E-state index in [-0.39, 0.29) is 21.6 Å². The number of hydrogen-bond donors (Lipinski definition) is 3. The van der Waals surface area contributed by atoms with Crippen LogP contribution in [0.15, 0.2) is 34.8 Å². The van der Waals surface area contributed by atoms with E-state index in [0.29, 0.717) is 10.2 Å². The predicted octanol–water partition coefficient (Wildman–Crippen LogP) is 4.49. The normalized spacial score (nSPS) is 10.1. The van der Waals surface area contributed by atoms with Crippen molar-refractivity contribution < 1.29 is 14.7 Å². The fourth-order valence-corrected chi connectivity index (χ4v) is 2.45. The van der Waals surface area contributed by atoms with E-state index < -0.39 is 12.0 Å². The van der Waals surface area contributed by atoms with E-state index in [0.717, 1.165) is 0 Å². The first-order valence-corrected chi connectivity index (χ1v) is 7.34. The second-order valence-corrected chi connectivity index (χ2v) is 5.77. The van der Waals surface area contributed by atoms with Crippen LogP contribution in [-0.2, 0) is 0 Å². The number of rotatable bonds is 3. The summed E-state index contributed by atoms with van der Waals surface area (Å²) in [7, 11) is 0. The Morgan fingerprint density at radius 1 is 1.09 bits per heavy atom. The number of aromatic nitrogens is 1.